The average Bonchev–Trinajstić information content (AvgIpc) is 3.70. The molecule has 3 heterocycles. The van der Waals surface area contributed by atoms with Gasteiger partial charge in [0, 0.05) is 45.0 Å². The molecule has 12 heteroatoms. The number of carbonyl (C=O) groups is 3. The second kappa shape index (κ2) is 14.0. The summed E-state index contributed by atoms with van der Waals surface area (Å²) in [7, 11) is 1.79. The molecule has 1 unspecified atom stereocenters. The van der Waals surface area contributed by atoms with Crippen molar-refractivity contribution in [2.75, 3.05) is 31.5 Å². The van der Waals surface area contributed by atoms with Crippen molar-refractivity contribution in [3.63, 3.8) is 0 Å². The zero-order valence-corrected chi connectivity index (χ0v) is 28.0. The SMILES string of the molecule is C[C@@H]1CN(C(O[C@H]2CC[C@H](C(=O)O)CC2)(C(=O)Cc2ccc(NC(=O)c3nn(C)c4ccccc34)c(Cl)c2)N2CCCC2)C[C@H](C)O1. The number of fused-ring (bicyclic) bond motifs is 1. The van der Waals surface area contributed by atoms with E-state index in [0.29, 0.717) is 60.7 Å². The van der Waals surface area contributed by atoms with Crippen LogP contribution in [0.4, 0.5) is 5.69 Å². The molecule has 47 heavy (non-hydrogen) atoms. The number of aryl methyl sites for hydroxylation is 1. The van der Waals surface area contributed by atoms with E-state index in [-0.39, 0.29) is 42.3 Å². The molecule has 3 aliphatic rings. The van der Waals surface area contributed by atoms with Crippen LogP contribution in [-0.2, 0) is 32.5 Å². The summed E-state index contributed by atoms with van der Waals surface area (Å²) in [6.07, 6.45) is 3.79. The zero-order valence-electron chi connectivity index (χ0n) is 27.3. The van der Waals surface area contributed by atoms with Gasteiger partial charge in [0.2, 0.25) is 5.85 Å². The van der Waals surface area contributed by atoms with Gasteiger partial charge in [-0.3, -0.25) is 28.9 Å². The molecule has 1 aromatic heterocycles. The summed E-state index contributed by atoms with van der Waals surface area (Å²) in [5.74, 6) is -2.93. The van der Waals surface area contributed by atoms with Crippen molar-refractivity contribution >= 4 is 45.9 Å². The van der Waals surface area contributed by atoms with E-state index in [9.17, 15) is 19.5 Å². The Labute approximate surface area is 280 Å². The fraction of sp³-hybridized carbons (Fsp3) is 0.543. The topological polar surface area (TPSA) is 126 Å². The lowest BCUT2D eigenvalue weighted by Gasteiger charge is -2.52. The van der Waals surface area contributed by atoms with Crippen LogP contribution in [-0.4, -0.2) is 92.7 Å². The molecule has 2 N–H and O–H groups in total. The number of amides is 1. The van der Waals surface area contributed by atoms with Crippen LogP contribution < -0.4 is 5.32 Å². The minimum absolute atomic E-state index is 0.0694. The number of anilines is 1. The molecule has 2 aromatic carbocycles. The fourth-order valence-corrected chi connectivity index (χ4v) is 7.76. The first-order chi connectivity index (χ1) is 22.5. The summed E-state index contributed by atoms with van der Waals surface area (Å²) in [5.41, 5.74) is 2.28. The number of hydrogen-bond acceptors (Lipinski definition) is 8. The standard InChI is InChI=1S/C35H44ClN5O6/c1-22-20-41(21-23(2)46-22)35(40-16-6-7-17-40,47-26-13-11-25(12-14-26)34(44)45)31(42)19-24-10-15-29(28(36)18-24)37-33(43)32-27-8-4-5-9-30(27)39(3)38-32/h4-5,8-10,15,18,22-23,25-26H,6-7,11-14,16-17,19-21H2,1-3H3,(H,37,43)(H,44,45)/t22-,23+,25-,26-,35?. The molecular formula is C35H44ClN5O6. The Kier molecular flexibility index (Phi) is 10.0. The van der Waals surface area contributed by atoms with Gasteiger partial charge in [-0.2, -0.15) is 5.10 Å². The van der Waals surface area contributed by atoms with Crippen LogP contribution in [0.5, 0.6) is 0 Å². The lowest BCUT2D eigenvalue weighted by atomic mass is 9.87. The van der Waals surface area contributed by atoms with Gasteiger partial charge >= 0.3 is 5.97 Å². The van der Waals surface area contributed by atoms with Crippen LogP contribution in [0.1, 0.15) is 68.4 Å². The number of aromatic nitrogens is 2. The number of benzene rings is 2. The van der Waals surface area contributed by atoms with Gasteiger partial charge in [-0.25, -0.2) is 0 Å². The number of aliphatic carboxylic acids is 1. The molecule has 2 saturated heterocycles. The van der Waals surface area contributed by atoms with Gasteiger partial charge in [0.1, 0.15) is 0 Å². The number of ketones is 1. The monoisotopic (exact) mass is 665 g/mol. The van der Waals surface area contributed by atoms with E-state index in [1.165, 1.54) is 0 Å². The number of carboxylic acids is 1. The molecule has 3 atom stereocenters. The molecule has 1 amide bonds. The first kappa shape index (κ1) is 33.5. The molecule has 1 aliphatic carbocycles. The quantitative estimate of drug-likeness (QED) is 0.304. The van der Waals surface area contributed by atoms with Crippen molar-refractivity contribution in [3.05, 3.63) is 58.7 Å². The maximum Gasteiger partial charge on any atom is 0.306 e. The van der Waals surface area contributed by atoms with Crippen LogP contribution in [0.2, 0.25) is 5.02 Å². The van der Waals surface area contributed by atoms with Crippen molar-refractivity contribution < 1.29 is 29.0 Å². The van der Waals surface area contributed by atoms with Gasteiger partial charge in [0.05, 0.1) is 40.5 Å². The minimum Gasteiger partial charge on any atom is -0.481 e. The maximum atomic E-state index is 14.8. The summed E-state index contributed by atoms with van der Waals surface area (Å²) >= 11 is 6.72. The number of rotatable bonds is 10. The molecule has 0 radical (unpaired) electrons. The van der Waals surface area contributed by atoms with Crippen LogP contribution >= 0.6 is 11.6 Å². The first-order valence-electron chi connectivity index (χ1n) is 16.7. The van der Waals surface area contributed by atoms with Crippen LogP contribution in [0.25, 0.3) is 10.9 Å². The van der Waals surface area contributed by atoms with Crippen molar-refractivity contribution in [2.45, 2.75) is 83.0 Å². The van der Waals surface area contributed by atoms with Gasteiger partial charge in [0.15, 0.2) is 11.5 Å². The Bertz CT molecular complexity index is 1620. The summed E-state index contributed by atoms with van der Waals surface area (Å²) in [5, 5.41) is 17.9. The van der Waals surface area contributed by atoms with Gasteiger partial charge < -0.3 is 19.9 Å². The second-order valence-electron chi connectivity index (χ2n) is 13.3. The number of ether oxygens (including phenoxy) is 2. The van der Waals surface area contributed by atoms with Gasteiger partial charge in [-0.15, -0.1) is 0 Å². The number of nitrogens with one attached hydrogen (secondary N) is 1. The smallest absolute Gasteiger partial charge is 0.306 e. The maximum absolute atomic E-state index is 14.8. The average molecular weight is 666 g/mol. The Hall–Kier alpha value is -3.35. The van der Waals surface area contributed by atoms with Crippen molar-refractivity contribution in [1.29, 1.82) is 0 Å². The number of Topliss-reactive ketones (excluding diaryl/α,β-unsaturated/α-hetero) is 1. The lowest BCUT2D eigenvalue weighted by Crippen LogP contribution is -2.71. The molecule has 0 spiro atoms. The molecule has 1 saturated carbocycles. The van der Waals surface area contributed by atoms with E-state index in [0.717, 1.165) is 36.8 Å². The van der Waals surface area contributed by atoms with Gasteiger partial charge in [0.25, 0.3) is 5.91 Å². The number of halogens is 1. The highest BCUT2D eigenvalue weighted by molar-refractivity contribution is 6.34. The van der Waals surface area contributed by atoms with Crippen LogP contribution in [0, 0.1) is 5.92 Å². The Morgan fingerprint density at radius 3 is 2.36 bits per heavy atom. The number of carbonyl (C=O) groups excluding carboxylic acids is 2. The van der Waals surface area contributed by atoms with Crippen LogP contribution in [0.15, 0.2) is 42.5 Å². The second-order valence-corrected chi connectivity index (χ2v) is 13.7. The summed E-state index contributed by atoms with van der Waals surface area (Å²) in [4.78, 5) is 44.0. The van der Waals surface area contributed by atoms with E-state index >= 15 is 0 Å². The number of carboxylic acid groups (broad SMARTS) is 1. The largest absolute Gasteiger partial charge is 0.481 e. The molecule has 0 bridgehead atoms. The fourth-order valence-electron chi connectivity index (χ4n) is 7.51. The highest BCUT2D eigenvalue weighted by Crippen LogP contribution is 2.37. The number of hydrogen-bond donors (Lipinski definition) is 2. The number of likely N-dealkylation sites (tertiary alicyclic amines) is 1. The van der Waals surface area contributed by atoms with Crippen molar-refractivity contribution in [2.24, 2.45) is 13.0 Å². The van der Waals surface area contributed by atoms with E-state index in [1.54, 1.807) is 23.9 Å². The summed E-state index contributed by atoms with van der Waals surface area (Å²) in [6, 6.07) is 12.8. The Morgan fingerprint density at radius 2 is 1.70 bits per heavy atom. The predicted molar refractivity (Wildman–Crippen MR) is 178 cm³/mol. The normalized spacial score (nSPS) is 25.4. The zero-order chi connectivity index (χ0) is 33.3. The molecule has 2 aliphatic heterocycles. The molecule has 252 valence electrons. The molecule has 6 rings (SSSR count). The summed E-state index contributed by atoms with van der Waals surface area (Å²) in [6.45, 7) is 6.55. The summed E-state index contributed by atoms with van der Waals surface area (Å²) < 4.78 is 14.7. The highest BCUT2D eigenvalue weighted by atomic mass is 35.5. The lowest BCUT2D eigenvalue weighted by molar-refractivity contribution is -0.274. The van der Waals surface area contributed by atoms with E-state index in [4.69, 9.17) is 21.1 Å². The van der Waals surface area contributed by atoms with Crippen molar-refractivity contribution in [3.8, 4) is 0 Å². The predicted octanol–water partition coefficient (Wildman–Crippen LogP) is 5.11. The number of nitrogens with zero attached hydrogens (tertiary/aromatic N) is 4. The molecule has 3 aromatic rings. The highest BCUT2D eigenvalue weighted by Gasteiger charge is 2.54. The molecular weight excluding hydrogens is 622 g/mol. The van der Waals surface area contributed by atoms with E-state index in [2.05, 4.69) is 20.2 Å². The third kappa shape index (κ3) is 6.96. The van der Waals surface area contributed by atoms with Crippen molar-refractivity contribution in [1.82, 2.24) is 19.6 Å². The first-order valence-corrected chi connectivity index (χ1v) is 17.0. The molecule has 3 fully saturated rings. The van der Waals surface area contributed by atoms with Crippen LogP contribution in [0.3, 0.4) is 0 Å². The Morgan fingerprint density at radius 1 is 1.02 bits per heavy atom. The number of para-hydroxylation sites is 1. The van der Waals surface area contributed by atoms with E-state index < -0.39 is 11.8 Å². The van der Waals surface area contributed by atoms with Gasteiger partial charge in [-0.1, -0.05) is 35.9 Å². The number of morpholine rings is 1. The Balaban J connectivity index is 1.26. The third-order valence-corrected chi connectivity index (χ3v) is 10.0. The molecule has 11 nitrogen and oxygen atoms in total. The van der Waals surface area contributed by atoms with Gasteiger partial charge in [-0.05, 0) is 76.1 Å². The van der Waals surface area contributed by atoms with E-state index in [1.807, 2.05) is 44.2 Å². The minimum atomic E-state index is -1.32. The third-order valence-electron chi connectivity index (χ3n) is 9.72.